The van der Waals surface area contributed by atoms with Gasteiger partial charge in [0.2, 0.25) is 0 Å². The number of rotatable bonds is 3. The van der Waals surface area contributed by atoms with Crippen LogP contribution in [0.5, 0.6) is 5.75 Å². The van der Waals surface area contributed by atoms with Crippen LogP contribution in [0.2, 0.25) is 5.02 Å². The van der Waals surface area contributed by atoms with Crippen molar-refractivity contribution in [1.82, 2.24) is 4.90 Å². The van der Waals surface area contributed by atoms with E-state index in [1.54, 1.807) is 36.1 Å². The van der Waals surface area contributed by atoms with Gasteiger partial charge in [-0.2, -0.15) is 0 Å². The van der Waals surface area contributed by atoms with E-state index < -0.39 is 6.10 Å². The molecule has 0 saturated carbocycles. The maximum Gasteiger partial charge on any atom is 0.263 e. The number of benzene rings is 1. The lowest BCUT2D eigenvalue weighted by molar-refractivity contribution is -0.142. The molecular formula is C15H18ClNO3. The molecule has 1 aromatic rings. The SMILES string of the molecule is CC1CN(C(=O)C(C)Oc2cccc(Cl)c2)CCC1=O. The highest BCUT2D eigenvalue weighted by molar-refractivity contribution is 6.30. The Morgan fingerprint density at radius 2 is 2.25 bits per heavy atom. The molecule has 1 fully saturated rings. The molecule has 1 aromatic carbocycles. The quantitative estimate of drug-likeness (QED) is 0.861. The normalized spacial score (nSPS) is 20.6. The number of hydrogen-bond acceptors (Lipinski definition) is 3. The van der Waals surface area contributed by atoms with Crippen LogP contribution in [-0.4, -0.2) is 35.8 Å². The van der Waals surface area contributed by atoms with Crippen molar-refractivity contribution < 1.29 is 14.3 Å². The third-order valence-corrected chi connectivity index (χ3v) is 3.68. The van der Waals surface area contributed by atoms with Gasteiger partial charge in [0.25, 0.3) is 5.91 Å². The number of carbonyl (C=O) groups is 2. The average molecular weight is 296 g/mol. The highest BCUT2D eigenvalue weighted by atomic mass is 35.5. The van der Waals surface area contributed by atoms with E-state index in [0.717, 1.165) is 0 Å². The number of carbonyl (C=O) groups excluding carboxylic acids is 2. The molecule has 0 N–H and O–H groups in total. The van der Waals surface area contributed by atoms with Crippen LogP contribution in [0.4, 0.5) is 0 Å². The molecule has 2 rings (SSSR count). The van der Waals surface area contributed by atoms with Gasteiger partial charge in [-0.3, -0.25) is 9.59 Å². The van der Waals surface area contributed by atoms with Gasteiger partial charge in [0, 0.05) is 30.5 Å². The fourth-order valence-corrected chi connectivity index (χ4v) is 2.45. The van der Waals surface area contributed by atoms with Gasteiger partial charge in [0.15, 0.2) is 6.10 Å². The summed E-state index contributed by atoms with van der Waals surface area (Å²) < 4.78 is 5.61. The number of ether oxygens (including phenoxy) is 1. The predicted octanol–water partition coefficient (Wildman–Crippen LogP) is 2.54. The average Bonchev–Trinajstić information content (AvgIpc) is 2.41. The molecule has 0 aromatic heterocycles. The van der Waals surface area contributed by atoms with E-state index in [2.05, 4.69) is 0 Å². The van der Waals surface area contributed by atoms with Crippen molar-refractivity contribution in [2.45, 2.75) is 26.4 Å². The lowest BCUT2D eigenvalue weighted by Crippen LogP contribution is -2.47. The van der Waals surface area contributed by atoms with Crippen LogP contribution in [0.25, 0.3) is 0 Å². The number of halogens is 1. The summed E-state index contributed by atoms with van der Waals surface area (Å²) >= 11 is 5.88. The Morgan fingerprint density at radius 3 is 2.90 bits per heavy atom. The zero-order valence-corrected chi connectivity index (χ0v) is 12.4. The van der Waals surface area contributed by atoms with E-state index in [1.807, 2.05) is 6.92 Å². The number of amides is 1. The molecule has 1 aliphatic rings. The predicted molar refractivity (Wildman–Crippen MR) is 76.9 cm³/mol. The van der Waals surface area contributed by atoms with Gasteiger partial charge in [-0.05, 0) is 25.1 Å². The molecule has 20 heavy (non-hydrogen) atoms. The number of ketones is 1. The minimum atomic E-state index is -0.589. The fraction of sp³-hybridized carbons (Fsp3) is 0.467. The minimum Gasteiger partial charge on any atom is -0.481 e. The zero-order valence-electron chi connectivity index (χ0n) is 11.6. The first-order valence-corrected chi connectivity index (χ1v) is 7.09. The Bertz CT molecular complexity index is 518. The van der Waals surface area contributed by atoms with Gasteiger partial charge < -0.3 is 9.64 Å². The van der Waals surface area contributed by atoms with Crippen molar-refractivity contribution in [1.29, 1.82) is 0 Å². The number of Topliss-reactive ketones (excluding diaryl/α,β-unsaturated/α-hetero) is 1. The molecule has 2 unspecified atom stereocenters. The number of piperidine rings is 1. The molecule has 1 saturated heterocycles. The Labute approximate surface area is 123 Å². The fourth-order valence-electron chi connectivity index (χ4n) is 2.27. The molecule has 2 atom stereocenters. The van der Waals surface area contributed by atoms with Crippen LogP contribution in [0, 0.1) is 5.92 Å². The van der Waals surface area contributed by atoms with Crippen molar-refractivity contribution in [2.75, 3.05) is 13.1 Å². The van der Waals surface area contributed by atoms with Crippen molar-refractivity contribution in [3.05, 3.63) is 29.3 Å². The highest BCUT2D eigenvalue weighted by Gasteiger charge is 2.29. The van der Waals surface area contributed by atoms with Gasteiger partial charge in [0.05, 0.1) is 0 Å². The van der Waals surface area contributed by atoms with Gasteiger partial charge in [-0.15, -0.1) is 0 Å². The maximum absolute atomic E-state index is 12.3. The maximum atomic E-state index is 12.3. The summed E-state index contributed by atoms with van der Waals surface area (Å²) in [7, 11) is 0. The molecule has 4 nitrogen and oxygen atoms in total. The van der Waals surface area contributed by atoms with Crippen LogP contribution in [0.1, 0.15) is 20.3 Å². The third-order valence-electron chi connectivity index (χ3n) is 3.44. The molecule has 0 spiro atoms. The Hall–Kier alpha value is -1.55. The van der Waals surface area contributed by atoms with Gasteiger partial charge >= 0.3 is 0 Å². The molecule has 0 bridgehead atoms. The smallest absolute Gasteiger partial charge is 0.263 e. The Kier molecular flexibility index (Phi) is 4.65. The largest absolute Gasteiger partial charge is 0.481 e. The topological polar surface area (TPSA) is 46.6 Å². The lowest BCUT2D eigenvalue weighted by atomic mass is 9.98. The second kappa shape index (κ2) is 6.27. The van der Waals surface area contributed by atoms with Crippen LogP contribution < -0.4 is 4.74 Å². The minimum absolute atomic E-state index is 0.0916. The van der Waals surface area contributed by atoms with E-state index in [4.69, 9.17) is 16.3 Å². The molecular weight excluding hydrogens is 278 g/mol. The first kappa shape index (κ1) is 14.9. The van der Waals surface area contributed by atoms with E-state index in [0.29, 0.717) is 30.3 Å². The Balaban J connectivity index is 1.97. The molecule has 1 aliphatic heterocycles. The van der Waals surface area contributed by atoms with Gasteiger partial charge in [-0.25, -0.2) is 0 Å². The standard InChI is InChI=1S/C15H18ClNO3/c1-10-9-17(7-6-14(10)18)15(19)11(2)20-13-5-3-4-12(16)8-13/h3-5,8,10-11H,6-7,9H2,1-2H3. The van der Waals surface area contributed by atoms with Crippen molar-refractivity contribution in [2.24, 2.45) is 5.92 Å². The summed E-state index contributed by atoms with van der Waals surface area (Å²) in [4.78, 5) is 25.5. The zero-order chi connectivity index (χ0) is 14.7. The van der Waals surface area contributed by atoms with Gasteiger partial charge in [-0.1, -0.05) is 24.6 Å². The van der Waals surface area contributed by atoms with Crippen molar-refractivity contribution in [3.8, 4) is 5.75 Å². The molecule has 1 amide bonds. The highest BCUT2D eigenvalue weighted by Crippen LogP contribution is 2.20. The first-order chi connectivity index (χ1) is 9.47. The summed E-state index contributed by atoms with van der Waals surface area (Å²) in [5.41, 5.74) is 0. The molecule has 0 aliphatic carbocycles. The van der Waals surface area contributed by atoms with Crippen molar-refractivity contribution in [3.63, 3.8) is 0 Å². The number of likely N-dealkylation sites (tertiary alicyclic amines) is 1. The van der Waals surface area contributed by atoms with Crippen molar-refractivity contribution >= 4 is 23.3 Å². The summed E-state index contributed by atoms with van der Waals surface area (Å²) in [5.74, 6) is 0.604. The van der Waals surface area contributed by atoms with Crippen LogP contribution in [0.15, 0.2) is 24.3 Å². The monoisotopic (exact) mass is 295 g/mol. The summed E-state index contributed by atoms with van der Waals surface area (Å²) in [6.45, 7) is 4.51. The molecule has 108 valence electrons. The molecule has 1 heterocycles. The van der Waals surface area contributed by atoms with E-state index in [9.17, 15) is 9.59 Å². The Morgan fingerprint density at radius 1 is 1.50 bits per heavy atom. The van der Waals surface area contributed by atoms with Crippen LogP contribution in [-0.2, 0) is 9.59 Å². The van der Waals surface area contributed by atoms with E-state index >= 15 is 0 Å². The number of nitrogens with zero attached hydrogens (tertiary/aromatic N) is 1. The second-order valence-corrected chi connectivity index (χ2v) is 5.56. The first-order valence-electron chi connectivity index (χ1n) is 6.71. The van der Waals surface area contributed by atoms with Gasteiger partial charge in [0.1, 0.15) is 11.5 Å². The summed E-state index contributed by atoms with van der Waals surface area (Å²) in [5, 5.41) is 0.569. The van der Waals surface area contributed by atoms with Crippen LogP contribution in [0.3, 0.4) is 0 Å². The summed E-state index contributed by atoms with van der Waals surface area (Å²) in [6, 6.07) is 6.96. The van der Waals surface area contributed by atoms with Crippen LogP contribution >= 0.6 is 11.6 Å². The molecule has 5 heteroatoms. The van der Waals surface area contributed by atoms with E-state index in [-0.39, 0.29) is 17.6 Å². The second-order valence-electron chi connectivity index (χ2n) is 5.12. The van der Waals surface area contributed by atoms with E-state index in [1.165, 1.54) is 0 Å². The lowest BCUT2D eigenvalue weighted by Gasteiger charge is -2.32. The molecule has 0 radical (unpaired) electrons. The third kappa shape index (κ3) is 3.51. The summed E-state index contributed by atoms with van der Waals surface area (Å²) in [6.07, 6.45) is -0.162. The number of hydrogen-bond donors (Lipinski definition) is 0.